The number of aromatic nitrogens is 4. The Hall–Kier alpha value is -4.41. The molecular weight excluding hydrogens is 853 g/mol. The highest BCUT2D eigenvalue weighted by Gasteiger charge is 2.44. The molecule has 0 spiro atoms. The average molecular weight is 894 g/mol. The first-order valence-electron chi connectivity index (χ1n) is 17.6. The van der Waals surface area contributed by atoms with Gasteiger partial charge in [-0.3, -0.25) is 38.4 Å². The summed E-state index contributed by atoms with van der Waals surface area (Å²) in [4.78, 5) is 76.5. The summed E-state index contributed by atoms with van der Waals surface area (Å²) in [6.45, 7) is 3.26. The van der Waals surface area contributed by atoms with Crippen LogP contribution in [0.3, 0.4) is 0 Å². The topological polar surface area (TPSA) is 247 Å². The number of fused-ring (bicyclic) bond motifs is 1. The van der Waals surface area contributed by atoms with Crippen LogP contribution in [0.2, 0.25) is 5.02 Å². The van der Waals surface area contributed by atoms with Crippen LogP contribution in [0.25, 0.3) is 11.2 Å². The summed E-state index contributed by atoms with van der Waals surface area (Å²) < 4.78 is 13.5. The predicted molar refractivity (Wildman–Crippen MR) is 211 cm³/mol. The molecule has 2 aromatic carbocycles. The number of halogens is 2. The fourth-order valence-corrected chi connectivity index (χ4v) is 7.39. The third-order valence-corrected chi connectivity index (χ3v) is 11.3. The maximum Gasteiger partial charge on any atom is 0.280 e. The van der Waals surface area contributed by atoms with Crippen molar-refractivity contribution in [1.82, 2.24) is 34.6 Å². The van der Waals surface area contributed by atoms with Gasteiger partial charge in [0.25, 0.3) is 5.56 Å². The van der Waals surface area contributed by atoms with E-state index in [9.17, 15) is 34.2 Å². The van der Waals surface area contributed by atoms with Crippen LogP contribution in [0.4, 0.5) is 11.6 Å². The number of methoxy groups -OCH3 is 1. The van der Waals surface area contributed by atoms with Crippen LogP contribution in [-0.2, 0) is 27.2 Å². The molecule has 294 valence electrons. The number of nitrogens with zero attached hydrogens (tertiary/aromatic N) is 5. The van der Waals surface area contributed by atoms with Gasteiger partial charge in [-0.15, -0.1) is 0 Å². The van der Waals surface area contributed by atoms with E-state index in [0.717, 1.165) is 9.13 Å². The Labute approximate surface area is 332 Å². The number of aryl methyl sites for hydroxylation is 1. The van der Waals surface area contributed by atoms with Crippen LogP contribution >= 0.6 is 34.2 Å². The minimum atomic E-state index is -1.43. The molecule has 20 heteroatoms. The fourth-order valence-electron chi connectivity index (χ4n) is 6.70. The lowest BCUT2D eigenvalue weighted by atomic mass is 10.0. The summed E-state index contributed by atoms with van der Waals surface area (Å²) in [5.41, 5.74) is 5.08. The SMILES string of the molecule is COc1cc(Cl)c(I)cc1CCC(=O)N1CCN(C/C=C/C(=O)NCCCc2c(NC[C@H]3O[C@@H](n4cnc5c(=O)[nH]c(N)nc54)[C@H](O)[C@@H]3O)c(=O)c2=O)CC1. The van der Waals surface area contributed by atoms with Crippen molar-refractivity contribution in [3.05, 3.63) is 81.1 Å². The number of aliphatic hydroxyl groups is 2. The molecule has 18 nitrogen and oxygen atoms in total. The van der Waals surface area contributed by atoms with Gasteiger partial charge >= 0.3 is 0 Å². The molecule has 2 fully saturated rings. The summed E-state index contributed by atoms with van der Waals surface area (Å²) in [5.74, 6) is 0.291. The van der Waals surface area contributed by atoms with Gasteiger partial charge in [0.05, 0.1) is 24.1 Å². The second-order valence-corrected chi connectivity index (χ2v) is 14.8. The Morgan fingerprint density at radius 3 is 2.65 bits per heavy atom. The number of imidazole rings is 1. The van der Waals surface area contributed by atoms with Crippen molar-refractivity contribution < 1.29 is 29.3 Å². The van der Waals surface area contributed by atoms with E-state index >= 15 is 0 Å². The van der Waals surface area contributed by atoms with E-state index in [0.29, 0.717) is 62.8 Å². The van der Waals surface area contributed by atoms with E-state index in [-0.39, 0.29) is 59.7 Å². The molecule has 6 rings (SSSR count). The molecule has 2 aromatic heterocycles. The molecule has 4 heterocycles. The number of rotatable bonds is 15. The molecule has 0 saturated carbocycles. The normalized spacial score (nSPS) is 20.5. The van der Waals surface area contributed by atoms with E-state index in [1.54, 1.807) is 19.3 Å². The van der Waals surface area contributed by atoms with E-state index < -0.39 is 41.0 Å². The van der Waals surface area contributed by atoms with E-state index in [1.165, 1.54) is 17.0 Å². The number of hydrogen-bond acceptors (Lipinski definition) is 14. The van der Waals surface area contributed by atoms with Crippen LogP contribution in [0.5, 0.6) is 5.75 Å². The number of nitrogens with two attached hydrogens (primary N) is 1. The van der Waals surface area contributed by atoms with Crippen molar-refractivity contribution in [2.75, 3.05) is 64.0 Å². The smallest absolute Gasteiger partial charge is 0.280 e. The number of anilines is 2. The predicted octanol–water partition coefficient (Wildman–Crippen LogP) is -0.322. The number of carbonyl (C=O) groups is 2. The zero-order valence-electron chi connectivity index (χ0n) is 29.8. The molecule has 2 aliphatic heterocycles. The van der Waals surface area contributed by atoms with Gasteiger partial charge in [0.1, 0.15) is 24.1 Å². The van der Waals surface area contributed by atoms with Gasteiger partial charge < -0.3 is 41.0 Å². The first-order valence-corrected chi connectivity index (χ1v) is 19.1. The molecule has 2 amide bonds. The molecule has 55 heavy (non-hydrogen) atoms. The number of piperazine rings is 1. The van der Waals surface area contributed by atoms with E-state index in [2.05, 4.69) is 53.1 Å². The van der Waals surface area contributed by atoms with Crippen LogP contribution in [0, 0.1) is 3.57 Å². The lowest BCUT2D eigenvalue weighted by molar-refractivity contribution is -0.132. The van der Waals surface area contributed by atoms with Crippen molar-refractivity contribution in [3.8, 4) is 5.75 Å². The highest BCUT2D eigenvalue weighted by Crippen LogP contribution is 2.32. The molecular formula is C35H41ClIN9O9. The quantitative estimate of drug-likeness (QED) is 0.0388. The number of nitrogens with one attached hydrogen (secondary N) is 3. The van der Waals surface area contributed by atoms with Crippen molar-refractivity contribution in [1.29, 1.82) is 0 Å². The number of amides is 2. The second kappa shape index (κ2) is 17.6. The summed E-state index contributed by atoms with van der Waals surface area (Å²) in [5, 5.41) is 27.6. The van der Waals surface area contributed by atoms with Crippen LogP contribution in [-0.4, -0.2) is 123 Å². The third kappa shape index (κ3) is 9.02. The largest absolute Gasteiger partial charge is 0.496 e. The number of aliphatic hydroxyl groups excluding tert-OH is 2. The Morgan fingerprint density at radius 2 is 1.91 bits per heavy atom. The fraction of sp³-hybridized carbons (Fsp3) is 0.457. The first kappa shape index (κ1) is 40.3. The molecule has 0 radical (unpaired) electrons. The Balaban J connectivity index is 0.891. The first-order chi connectivity index (χ1) is 26.4. The van der Waals surface area contributed by atoms with Gasteiger partial charge in [-0.05, 0) is 53.5 Å². The van der Waals surface area contributed by atoms with Gasteiger partial charge in [-0.25, -0.2) is 4.98 Å². The molecule has 4 aromatic rings. The van der Waals surface area contributed by atoms with E-state index in [4.69, 9.17) is 26.8 Å². The van der Waals surface area contributed by atoms with Crippen molar-refractivity contribution in [2.45, 2.75) is 50.2 Å². The van der Waals surface area contributed by atoms with Gasteiger partial charge in [0.15, 0.2) is 17.4 Å². The Morgan fingerprint density at radius 1 is 1.15 bits per heavy atom. The Kier molecular flexibility index (Phi) is 12.9. The number of H-pyrrole nitrogens is 1. The molecule has 0 unspecified atom stereocenters. The number of hydrogen-bond donors (Lipinski definition) is 6. The van der Waals surface area contributed by atoms with Crippen molar-refractivity contribution >= 4 is 68.8 Å². The van der Waals surface area contributed by atoms with Gasteiger partial charge in [0.2, 0.25) is 28.6 Å². The summed E-state index contributed by atoms with van der Waals surface area (Å²) in [6, 6.07) is 3.71. The maximum atomic E-state index is 12.9. The average Bonchev–Trinajstić information content (AvgIpc) is 3.71. The van der Waals surface area contributed by atoms with Crippen LogP contribution < -0.4 is 37.5 Å². The van der Waals surface area contributed by atoms with Crippen LogP contribution in [0.1, 0.15) is 30.2 Å². The molecule has 2 saturated heterocycles. The standard InChI is InChI=1S/C35H41ClIN9O9/c1-54-22-15-20(36)21(37)14-18(22)6-7-25(48)45-12-10-44(11-13-45)9-3-5-24(47)39-8-2-4-19-26(30(51)28(19)49)40-16-23-29(50)31(52)34(55-23)46-17-41-27-32(46)42-35(38)43-33(27)53/h3,5,14-15,17,23,29,31,34,40,50,52H,2,4,6-13,16H2,1H3,(H,39,47)(H3,38,42,43,53)/b5-3+/t23-,29-,31-,34-/m1/s1. The summed E-state index contributed by atoms with van der Waals surface area (Å²) in [7, 11) is 1.58. The summed E-state index contributed by atoms with van der Waals surface area (Å²) >= 11 is 8.35. The minimum Gasteiger partial charge on any atom is -0.496 e. The molecule has 0 aliphatic carbocycles. The zero-order chi connectivity index (χ0) is 39.4. The van der Waals surface area contributed by atoms with Crippen molar-refractivity contribution in [3.63, 3.8) is 0 Å². The second-order valence-electron chi connectivity index (χ2n) is 13.3. The lowest BCUT2D eigenvalue weighted by Gasteiger charge is -2.34. The lowest BCUT2D eigenvalue weighted by Crippen LogP contribution is -2.48. The maximum absolute atomic E-state index is 12.9. The molecule has 7 N–H and O–H groups in total. The third-order valence-electron chi connectivity index (χ3n) is 9.74. The number of nitrogen functional groups attached to an aromatic ring is 1. The van der Waals surface area contributed by atoms with Gasteiger partial charge in [-0.2, -0.15) is 4.98 Å². The molecule has 2 aliphatic rings. The minimum absolute atomic E-state index is 0.0267. The number of aromatic amines is 1. The van der Waals surface area contributed by atoms with E-state index in [1.807, 2.05) is 11.0 Å². The van der Waals surface area contributed by atoms with Crippen molar-refractivity contribution in [2.24, 2.45) is 0 Å². The molecule has 0 bridgehead atoms. The van der Waals surface area contributed by atoms with Gasteiger partial charge in [-0.1, -0.05) is 17.7 Å². The highest BCUT2D eigenvalue weighted by atomic mass is 127. The molecule has 4 atom stereocenters. The number of carbonyl (C=O) groups excluding carboxylic acids is 2. The van der Waals surface area contributed by atoms with Crippen LogP contribution in [0.15, 0.2) is 45.0 Å². The Bertz CT molecular complexity index is 2210. The zero-order valence-corrected chi connectivity index (χ0v) is 32.7. The monoisotopic (exact) mass is 893 g/mol. The number of benzene rings is 1. The highest BCUT2D eigenvalue weighted by molar-refractivity contribution is 14.1. The van der Waals surface area contributed by atoms with Gasteiger partial charge in [0, 0.05) is 73.5 Å². The number of ether oxygens (including phenoxy) is 2. The summed E-state index contributed by atoms with van der Waals surface area (Å²) in [6.07, 6.45) is 1.04.